The molecule has 3 fully saturated rings. The second-order valence-electron chi connectivity index (χ2n) is 13.9. The third kappa shape index (κ3) is 6.62. The molecule has 2 heteroatoms. The zero-order valence-corrected chi connectivity index (χ0v) is 26.0. The topological polar surface area (TPSA) is 29.5 Å². The van der Waals surface area contributed by atoms with Gasteiger partial charge in [0.25, 0.3) is 0 Å². The van der Waals surface area contributed by atoms with Crippen LogP contribution in [0.15, 0.2) is 11.6 Å². The van der Waals surface area contributed by atoms with Crippen LogP contribution >= 0.6 is 0 Å². The van der Waals surface area contributed by atoms with E-state index in [0.717, 1.165) is 41.9 Å². The highest BCUT2D eigenvalue weighted by atomic mass is 16.5. The summed E-state index contributed by atoms with van der Waals surface area (Å²) >= 11 is 0. The standard InChI is InChI=1S/C28H48O2.2C3H8.3H2/c1-18(2)8-7-9-19(3)21-12-13-22-20-10-11-24-26(29)25(30-6)15-17-28(24,5)23(20)14-16-27(21,22)4;2*1-3-2;;;/h11,18-23,25-26,29H,7-10,12-17H2,1-6H3;2*3H2,1-2H3;3*1H/t19-,20+,21?,22?,23?,25+,26?,27-,28-;;;;;/m1...../s1. The third-order valence-corrected chi connectivity index (χ3v) is 10.6. The van der Waals surface area contributed by atoms with Gasteiger partial charge in [-0.25, -0.2) is 0 Å². The van der Waals surface area contributed by atoms with Crippen LogP contribution in [-0.2, 0) is 4.74 Å². The molecule has 218 valence electrons. The Kier molecular flexibility index (Phi) is 12.5. The number of allylic oxidation sites excluding steroid dienone is 1. The maximum absolute atomic E-state index is 11.0. The van der Waals surface area contributed by atoms with Gasteiger partial charge in [0.2, 0.25) is 0 Å². The summed E-state index contributed by atoms with van der Waals surface area (Å²) in [6, 6.07) is 0. The summed E-state index contributed by atoms with van der Waals surface area (Å²) in [7, 11) is 1.76. The van der Waals surface area contributed by atoms with Crippen molar-refractivity contribution < 1.29 is 14.1 Å². The van der Waals surface area contributed by atoms with Crippen LogP contribution in [0.25, 0.3) is 0 Å². The number of rotatable bonds is 6. The van der Waals surface area contributed by atoms with E-state index in [9.17, 15) is 5.11 Å². The van der Waals surface area contributed by atoms with Crippen molar-refractivity contribution in [2.75, 3.05) is 7.11 Å². The van der Waals surface area contributed by atoms with Crippen LogP contribution in [0.3, 0.4) is 0 Å². The molecule has 0 aromatic heterocycles. The largest absolute Gasteiger partial charge is 0.386 e. The van der Waals surface area contributed by atoms with Crippen LogP contribution in [0.1, 0.15) is 144 Å². The number of aliphatic hydroxyl groups is 1. The maximum Gasteiger partial charge on any atom is 0.102 e. The third-order valence-electron chi connectivity index (χ3n) is 10.6. The Labute approximate surface area is 230 Å². The molecule has 0 spiro atoms. The molecule has 3 saturated carbocycles. The molecule has 0 heterocycles. The molecule has 0 aliphatic heterocycles. The van der Waals surface area contributed by atoms with Crippen molar-refractivity contribution in [1.29, 1.82) is 0 Å². The summed E-state index contributed by atoms with van der Waals surface area (Å²) in [6.07, 6.45) is 17.8. The molecule has 0 saturated heterocycles. The maximum atomic E-state index is 11.0. The number of aliphatic hydroxyl groups excluding tert-OH is 1. The molecule has 0 aromatic carbocycles. The van der Waals surface area contributed by atoms with Gasteiger partial charge in [0, 0.05) is 11.4 Å². The van der Waals surface area contributed by atoms with Crippen molar-refractivity contribution in [3.05, 3.63) is 11.6 Å². The van der Waals surface area contributed by atoms with E-state index in [4.69, 9.17) is 4.74 Å². The fourth-order valence-electron chi connectivity index (χ4n) is 8.98. The lowest BCUT2D eigenvalue weighted by atomic mass is 9.46. The molecular formula is C34H70O2. The van der Waals surface area contributed by atoms with Crippen molar-refractivity contribution >= 4 is 0 Å². The van der Waals surface area contributed by atoms with Crippen molar-refractivity contribution in [2.24, 2.45) is 46.3 Å². The molecule has 36 heavy (non-hydrogen) atoms. The van der Waals surface area contributed by atoms with Crippen molar-refractivity contribution in [1.82, 2.24) is 0 Å². The van der Waals surface area contributed by atoms with Gasteiger partial charge in [-0.15, -0.1) is 0 Å². The Balaban J connectivity index is 0. The van der Waals surface area contributed by atoms with Crippen LogP contribution in [-0.4, -0.2) is 24.4 Å². The van der Waals surface area contributed by atoms with E-state index in [-0.39, 0.29) is 21.9 Å². The molecule has 9 atom stereocenters. The molecule has 1 N–H and O–H groups in total. The summed E-state index contributed by atoms with van der Waals surface area (Å²) in [6.45, 7) is 20.9. The molecule has 0 bridgehead atoms. The summed E-state index contributed by atoms with van der Waals surface area (Å²) in [5, 5.41) is 11.0. The van der Waals surface area contributed by atoms with Gasteiger partial charge in [0.1, 0.15) is 6.10 Å². The molecule has 4 unspecified atom stereocenters. The second kappa shape index (κ2) is 14.2. The molecule has 0 radical (unpaired) electrons. The van der Waals surface area contributed by atoms with Gasteiger partial charge in [-0.1, -0.05) is 100 Å². The van der Waals surface area contributed by atoms with E-state index in [1.807, 2.05) is 0 Å². The SMILES string of the molecule is CCC.CCC.CO[C@H]1CC[C@@]2(C)C(=CC[C@H]3C4CCC([C@H](C)CCCC(C)C)[C@@]4(C)CCC32)C1O.[HH].[HH].[HH]. The Bertz CT molecular complexity index is 681. The lowest BCUT2D eigenvalue weighted by Crippen LogP contribution is -2.54. The quantitative estimate of drug-likeness (QED) is 0.360. The lowest BCUT2D eigenvalue weighted by molar-refractivity contribution is -0.0879. The Morgan fingerprint density at radius 3 is 2.17 bits per heavy atom. The van der Waals surface area contributed by atoms with Gasteiger partial charge in [0.15, 0.2) is 0 Å². The zero-order chi connectivity index (χ0) is 27.1. The molecule has 2 nitrogen and oxygen atoms in total. The fraction of sp³-hybridized carbons (Fsp3) is 0.941. The highest BCUT2D eigenvalue weighted by molar-refractivity contribution is 5.29. The minimum atomic E-state index is -0.389. The first kappa shape index (κ1) is 31.9. The van der Waals surface area contributed by atoms with E-state index in [1.54, 1.807) is 7.11 Å². The van der Waals surface area contributed by atoms with E-state index >= 15 is 0 Å². The fourth-order valence-corrected chi connectivity index (χ4v) is 8.98. The van der Waals surface area contributed by atoms with Gasteiger partial charge >= 0.3 is 0 Å². The number of hydrogen-bond acceptors (Lipinski definition) is 2. The first-order valence-corrected chi connectivity index (χ1v) is 16.0. The Hall–Kier alpha value is -0.340. The average Bonchev–Trinajstić information content (AvgIpc) is 3.17. The van der Waals surface area contributed by atoms with Crippen molar-refractivity contribution in [3.8, 4) is 0 Å². The Morgan fingerprint density at radius 1 is 0.944 bits per heavy atom. The first-order valence-electron chi connectivity index (χ1n) is 16.0. The lowest BCUT2D eigenvalue weighted by Gasteiger charge is -2.59. The number of fused-ring (bicyclic) bond motifs is 5. The van der Waals surface area contributed by atoms with Crippen LogP contribution < -0.4 is 0 Å². The monoisotopic (exact) mass is 511 g/mol. The van der Waals surface area contributed by atoms with Gasteiger partial charge in [-0.2, -0.15) is 0 Å². The van der Waals surface area contributed by atoms with Crippen LogP contribution in [0.2, 0.25) is 0 Å². The number of ether oxygens (including phenoxy) is 1. The van der Waals surface area contributed by atoms with Crippen LogP contribution in [0.5, 0.6) is 0 Å². The van der Waals surface area contributed by atoms with Gasteiger partial charge < -0.3 is 9.84 Å². The predicted molar refractivity (Wildman–Crippen MR) is 164 cm³/mol. The van der Waals surface area contributed by atoms with Gasteiger partial charge in [-0.3, -0.25) is 0 Å². The van der Waals surface area contributed by atoms with Crippen LogP contribution in [0, 0.1) is 46.3 Å². The second-order valence-corrected chi connectivity index (χ2v) is 13.9. The number of methoxy groups -OCH3 is 1. The minimum absolute atomic E-state index is 0. The van der Waals surface area contributed by atoms with E-state index in [2.05, 4.69) is 68.4 Å². The van der Waals surface area contributed by atoms with E-state index in [0.29, 0.717) is 5.41 Å². The van der Waals surface area contributed by atoms with Crippen molar-refractivity contribution in [3.63, 3.8) is 0 Å². The summed E-state index contributed by atoms with van der Waals surface area (Å²) in [5.74, 6) is 5.12. The zero-order valence-electron chi connectivity index (χ0n) is 26.0. The summed E-state index contributed by atoms with van der Waals surface area (Å²) < 4.78 is 5.62. The van der Waals surface area contributed by atoms with Gasteiger partial charge in [0.05, 0.1) is 6.10 Å². The number of hydrogen-bond donors (Lipinski definition) is 1. The molecule has 0 aromatic rings. The normalized spacial score (nSPS) is 39.9. The average molecular weight is 511 g/mol. The molecule has 4 aliphatic carbocycles. The predicted octanol–water partition coefficient (Wildman–Crippen LogP) is 10.6. The van der Waals surface area contributed by atoms with Crippen LogP contribution in [0.4, 0.5) is 0 Å². The highest BCUT2D eigenvalue weighted by Gasteiger charge is 2.60. The summed E-state index contributed by atoms with van der Waals surface area (Å²) in [4.78, 5) is 0. The minimum Gasteiger partial charge on any atom is -0.386 e. The molecule has 4 aliphatic rings. The smallest absolute Gasteiger partial charge is 0.102 e. The Morgan fingerprint density at radius 2 is 1.58 bits per heavy atom. The summed E-state index contributed by atoms with van der Waals surface area (Å²) in [5.41, 5.74) is 2.06. The van der Waals surface area contributed by atoms with Gasteiger partial charge in [-0.05, 0) is 96.9 Å². The van der Waals surface area contributed by atoms with E-state index in [1.165, 1.54) is 76.2 Å². The van der Waals surface area contributed by atoms with Crippen molar-refractivity contribution in [2.45, 2.75) is 152 Å². The molecular weight excluding hydrogens is 440 g/mol. The molecule has 4 rings (SSSR count). The molecule has 0 amide bonds. The highest BCUT2D eigenvalue weighted by Crippen LogP contribution is 2.67. The van der Waals surface area contributed by atoms with E-state index < -0.39 is 0 Å². The first-order chi connectivity index (χ1) is 17.0.